The monoisotopic (exact) mass is 396 g/mol. The van der Waals surface area contributed by atoms with Gasteiger partial charge in [0.15, 0.2) is 11.5 Å². The van der Waals surface area contributed by atoms with Crippen LogP contribution in [-0.2, 0) is 4.79 Å². The molecule has 2 aliphatic rings. The number of oxazole rings is 1. The van der Waals surface area contributed by atoms with Gasteiger partial charge in [0.2, 0.25) is 6.41 Å². The molecule has 1 fully saturated rings. The molecule has 146 valence electrons. The molecule has 2 aliphatic heterocycles. The molecule has 7 heteroatoms. The SMILES string of the molecule is C/C=C(\PC1C=CC(N2CCNCC2)=CN1C=O)c1ccc2oc(C)nc2c1. The number of aryl methyl sites for hydroxylation is 1. The zero-order valence-electron chi connectivity index (χ0n) is 16.2. The number of carbonyl (C=O) groups is 1. The minimum absolute atomic E-state index is 0.0325. The first-order valence-electron chi connectivity index (χ1n) is 9.57. The van der Waals surface area contributed by atoms with Gasteiger partial charge < -0.3 is 19.5 Å². The Morgan fingerprint density at radius 1 is 1.36 bits per heavy atom. The van der Waals surface area contributed by atoms with E-state index in [0.717, 1.165) is 54.9 Å². The van der Waals surface area contributed by atoms with Crippen molar-refractivity contribution in [1.29, 1.82) is 0 Å². The number of hydrogen-bond acceptors (Lipinski definition) is 5. The summed E-state index contributed by atoms with van der Waals surface area (Å²) in [5, 5.41) is 4.57. The molecule has 2 atom stereocenters. The highest BCUT2D eigenvalue weighted by molar-refractivity contribution is 7.51. The number of nitrogens with one attached hydrogen (secondary N) is 1. The molecule has 1 N–H and O–H groups in total. The second-order valence-corrected chi connectivity index (χ2v) is 8.33. The van der Waals surface area contributed by atoms with Gasteiger partial charge in [-0.2, -0.15) is 0 Å². The quantitative estimate of drug-likeness (QED) is 0.621. The van der Waals surface area contributed by atoms with E-state index in [0.29, 0.717) is 14.5 Å². The number of amides is 1. The number of piperazine rings is 1. The van der Waals surface area contributed by atoms with Crippen LogP contribution in [-0.4, -0.2) is 53.2 Å². The third-order valence-corrected chi connectivity index (χ3v) is 6.73. The predicted octanol–water partition coefficient (Wildman–Crippen LogP) is 3.28. The fraction of sp³-hybridized carbons (Fsp3) is 0.333. The van der Waals surface area contributed by atoms with Gasteiger partial charge in [0.05, 0.1) is 11.5 Å². The highest BCUT2D eigenvalue weighted by Crippen LogP contribution is 2.41. The van der Waals surface area contributed by atoms with E-state index >= 15 is 0 Å². The van der Waals surface area contributed by atoms with Crippen LogP contribution in [0, 0.1) is 6.92 Å². The van der Waals surface area contributed by atoms with Crippen LogP contribution in [0.3, 0.4) is 0 Å². The van der Waals surface area contributed by atoms with Gasteiger partial charge in [-0.15, -0.1) is 0 Å². The molecule has 4 rings (SSSR count). The summed E-state index contributed by atoms with van der Waals surface area (Å²) < 4.78 is 5.58. The van der Waals surface area contributed by atoms with Crippen LogP contribution >= 0.6 is 8.58 Å². The highest BCUT2D eigenvalue weighted by atomic mass is 31.1. The highest BCUT2D eigenvalue weighted by Gasteiger charge is 2.22. The molecule has 2 aromatic rings. The molecule has 1 aromatic carbocycles. The maximum absolute atomic E-state index is 11.8. The standard InChI is InChI=1S/C21H25N4O2P/c1-3-20(16-4-6-19-18(12-16)23-15(2)27-19)28-21-7-5-17(13-25(21)14-26)24-10-8-22-9-11-24/h3-7,12-14,21-22,28H,8-11H2,1-2H3/b20-3-. The smallest absolute Gasteiger partial charge is 0.214 e. The van der Waals surface area contributed by atoms with E-state index in [-0.39, 0.29) is 5.78 Å². The van der Waals surface area contributed by atoms with Gasteiger partial charge in [-0.3, -0.25) is 4.79 Å². The van der Waals surface area contributed by atoms with Gasteiger partial charge in [0.1, 0.15) is 5.52 Å². The molecular formula is C21H25N4O2P. The van der Waals surface area contributed by atoms with Gasteiger partial charge in [-0.25, -0.2) is 4.98 Å². The molecule has 28 heavy (non-hydrogen) atoms. The topological polar surface area (TPSA) is 61.6 Å². The molecule has 0 saturated carbocycles. The summed E-state index contributed by atoms with van der Waals surface area (Å²) >= 11 is 0. The second-order valence-electron chi connectivity index (χ2n) is 6.91. The van der Waals surface area contributed by atoms with Gasteiger partial charge in [0.25, 0.3) is 0 Å². The summed E-state index contributed by atoms with van der Waals surface area (Å²) in [6.45, 7) is 7.78. The number of nitrogens with zero attached hydrogens (tertiary/aromatic N) is 3. The van der Waals surface area contributed by atoms with E-state index in [2.05, 4.69) is 45.6 Å². The lowest BCUT2D eigenvalue weighted by molar-refractivity contribution is -0.116. The minimum atomic E-state index is 0.0325. The Balaban J connectivity index is 1.52. The van der Waals surface area contributed by atoms with E-state index in [1.54, 1.807) is 4.90 Å². The Morgan fingerprint density at radius 2 is 2.18 bits per heavy atom. The number of hydrogen-bond donors (Lipinski definition) is 1. The van der Waals surface area contributed by atoms with E-state index < -0.39 is 0 Å². The first-order chi connectivity index (χ1) is 13.7. The van der Waals surface area contributed by atoms with E-state index in [9.17, 15) is 4.79 Å². The van der Waals surface area contributed by atoms with Crippen molar-refractivity contribution in [3.8, 4) is 0 Å². The van der Waals surface area contributed by atoms with Crippen molar-refractivity contribution >= 4 is 31.4 Å². The molecule has 2 unspecified atom stereocenters. The van der Waals surface area contributed by atoms with Crippen LogP contribution in [0.25, 0.3) is 16.4 Å². The number of aromatic nitrogens is 1. The number of allylic oxidation sites excluding steroid dienone is 2. The zero-order valence-corrected chi connectivity index (χ0v) is 17.2. The molecule has 0 spiro atoms. The summed E-state index contributed by atoms with van der Waals surface area (Å²) in [6, 6.07) is 6.10. The molecule has 0 aliphatic carbocycles. The van der Waals surface area contributed by atoms with Gasteiger partial charge in [-0.1, -0.05) is 26.8 Å². The lowest BCUT2D eigenvalue weighted by atomic mass is 10.2. The van der Waals surface area contributed by atoms with E-state index in [1.807, 2.05) is 26.1 Å². The number of fused-ring (bicyclic) bond motifs is 1. The van der Waals surface area contributed by atoms with Crippen LogP contribution in [0.15, 0.2) is 52.7 Å². The molecule has 0 radical (unpaired) electrons. The molecular weight excluding hydrogens is 371 g/mol. The van der Waals surface area contributed by atoms with Crippen molar-refractivity contribution in [2.45, 2.75) is 19.6 Å². The first kappa shape index (κ1) is 18.9. The fourth-order valence-electron chi connectivity index (χ4n) is 3.60. The fourth-order valence-corrected chi connectivity index (χ4v) is 4.88. The summed E-state index contributed by atoms with van der Waals surface area (Å²) in [7, 11) is 0.449. The van der Waals surface area contributed by atoms with Crippen molar-refractivity contribution < 1.29 is 9.21 Å². The Hall–Kier alpha value is -2.43. The van der Waals surface area contributed by atoms with Gasteiger partial charge in [-0.05, 0) is 36.0 Å². The number of carbonyl (C=O) groups excluding carboxylic acids is 1. The van der Waals surface area contributed by atoms with Crippen molar-refractivity contribution in [3.63, 3.8) is 0 Å². The van der Waals surface area contributed by atoms with Crippen molar-refractivity contribution in [1.82, 2.24) is 20.1 Å². The zero-order chi connectivity index (χ0) is 19.5. The predicted molar refractivity (Wildman–Crippen MR) is 114 cm³/mol. The number of rotatable bonds is 5. The number of benzene rings is 1. The van der Waals surface area contributed by atoms with Crippen molar-refractivity contribution in [2.75, 3.05) is 26.2 Å². The van der Waals surface area contributed by atoms with E-state index in [4.69, 9.17) is 4.42 Å². The molecule has 1 amide bonds. The Labute approximate surface area is 166 Å². The van der Waals surface area contributed by atoms with Crippen LogP contribution in [0.1, 0.15) is 18.4 Å². The van der Waals surface area contributed by atoms with E-state index in [1.165, 1.54) is 5.31 Å². The van der Waals surface area contributed by atoms with Crippen LogP contribution in [0.5, 0.6) is 0 Å². The first-order valence-corrected chi connectivity index (χ1v) is 10.6. The summed E-state index contributed by atoms with van der Waals surface area (Å²) in [5.74, 6) is 0.703. The van der Waals surface area contributed by atoms with Crippen LogP contribution in [0.2, 0.25) is 0 Å². The second kappa shape index (κ2) is 8.29. The Kier molecular flexibility index (Phi) is 5.60. The largest absolute Gasteiger partial charge is 0.441 e. The lowest BCUT2D eigenvalue weighted by Crippen LogP contribution is -2.43. The maximum Gasteiger partial charge on any atom is 0.214 e. The summed E-state index contributed by atoms with van der Waals surface area (Å²) in [5.41, 5.74) is 3.90. The third kappa shape index (κ3) is 3.89. The summed E-state index contributed by atoms with van der Waals surface area (Å²) in [6.07, 6.45) is 9.33. The molecule has 1 aromatic heterocycles. The Bertz CT molecular complexity index is 956. The maximum atomic E-state index is 11.8. The lowest BCUT2D eigenvalue weighted by Gasteiger charge is -2.35. The summed E-state index contributed by atoms with van der Waals surface area (Å²) in [4.78, 5) is 20.3. The average molecular weight is 396 g/mol. The van der Waals surface area contributed by atoms with Crippen LogP contribution in [0.4, 0.5) is 0 Å². The molecule has 6 nitrogen and oxygen atoms in total. The minimum Gasteiger partial charge on any atom is -0.441 e. The van der Waals surface area contributed by atoms with Crippen LogP contribution < -0.4 is 5.32 Å². The van der Waals surface area contributed by atoms with Gasteiger partial charge >= 0.3 is 0 Å². The van der Waals surface area contributed by atoms with Crippen molar-refractivity contribution in [3.05, 3.63) is 59.8 Å². The Morgan fingerprint density at radius 3 is 2.93 bits per heavy atom. The molecule has 3 heterocycles. The normalized spacial score (nSPS) is 21.0. The van der Waals surface area contributed by atoms with Crippen molar-refractivity contribution in [2.24, 2.45) is 0 Å². The molecule has 0 bridgehead atoms. The average Bonchev–Trinajstić information content (AvgIpc) is 3.11. The third-order valence-electron chi connectivity index (χ3n) is 5.05. The molecule has 1 saturated heterocycles. The van der Waals surface area contributed by atoms with Gasteiger partial charge in [0, 0.05) is 39.3 Å².